The average Bonchev–Trinajstić information content (AvgIpc) is 2.70. The fourth-order valence-electron chi connectivity index (χ4n) is 2.44. The lowest BCUT2D eigenvalue weighted by molar-refractivity contribution is 0.0945. The molecular formula is C21H17ClFN3O2. The van der Waals surface area contributed by atoms with Crippen molar-refractivity contribution >= 4 is 29.1 Å². The van der Waals surface area contributed by atoms with Crippen LogP contribution in [0.2, 0.25) is 5.02 Å². The topological polar surface area (TPSA) is 71.1 Å². The average molecular weight is 398 g/mol. The number of rotatable bonds is 5. The van der Waals surface area contributed by atoms with Crippen LogP contribution in [0.4, 0.5) is 10.1 Å². The van der Waals surface area contributed by atoms with Gasteiger partial charge in [0, 0.05) is 12.2 Å². The van der Waals surface area contributed by atoms with Crippen LogP contribution in [0.3, 0.4) is 0 Å². The molecule has 0 atom stereocenters. The predicted molar refractivity (Wildman–Crippen MR) is 106 cm³/mol. The minimum atomic E-state index is -0.579. The van der Waals surface area contributed by atoms with E-state index in [0.29, 0.717) is 12.2 Å². The van der Waals surface area contributed by atoms with Crippen LogP contribution in [-0.4, -0.2) is 16.8 Å². The van der Waals surface area contributed by atoms with Crippen LogP contribution in [0.25, 0.3) is 0 Å². The molecule has 0 fully saturated rings. The third-order valence-electron chi connectivity index (χ3n) is 3.97. The Labute approximate surface area is 166 Å². The van der Waals surface area contributed by atoms with Gasteiger partial charge in [0.25, 0.3) is 11.8 Å². The minimum absolute atomic E-state index is 0.0587. The minimum Gasteiger partial charge on any atom is -0.347 e. The van der Waals surface area contributed by atoms with Crippen molar-refractivity contribution in [3.63, 3.8) is 0 Å². The van der Waals surface area contributed by atoms with E-state index >= 15 is 0 Å². The van der Waals surface area contributed by atoms with Crippen molar-refractivity contribution in [3.05, 3.63) is 94.0 Å². The quantitative estimate of drug-likeness (QED) is 0.671. The second kappa shape index (κ2) is 8.63. The molecule has 0 aliphatic rings. The van der Waals surface area contributed by atoms with Gasteiger partial charge >= 0.3 is 0 Å². The Morgan fingerprint density at radius 3 is 2.36 bits per heavy atom. The van der Waals surface area contributed by atoms with E-state index in [9.17, 15) is 14.0 Å². The number of hydrogen-bond donors (Lipinski definition) is 2. The number of carbonyl (C=O) groups is 2. The molecule has 5 nitrogen and oxygen atoms in total. The van der Waals surface area contributed by atoms with Gasteiger partial charge in [0.15, 0.2) is 0 Å². The van der Waals surface area contributed by atoms with Crippen molar-refractivity contribution in [3.8, 4) is 0 Å². The Morgan fingerprint density at radius 2 is 1.68 bits per heavy atom. The molecule has 1 heterocycles. The maximum Gasteiger partial charge on any atom is 0.274 e. The Balaban J connectivity index is 1.66. The van der Waals surface area contributed by atoms with Gasteiger partial charge in [0.1, 0.15) is 17.2 Å². The number of nitrogens with one attached hydrogen (secondary N) is 2. The van der Waals surface area contributed by atoms with Crippen molar-refractivity contribution in [1.82, 2.24) is 10.3 Å². The normalized spacial score (nSPS) is 10.4. The smallest absolute Gasteiger partial charge is 0.274 e. The first-order valence-corrected chi connectivity index (χ1v) is 8.87. The van der Waals surface area contributed by atoms with E-state index in [-0.39, 0.29) is 22.3 Å². The molecule has 7 heteroatoms. The van der Waals surface area contributed by atoms with Crippen LogP contribution in [0.5, 0.6) is 0 Å². The summed E-state index contributed by atoms with van der Waals surface area (Å²) in [6, 6.07) is 16.2. The van der Waals surface area contributed by atoms with Crippen LogP contribution in [-0.2, 0) is 6.54 Å². The van der Waals surface area contributed by atoms with E-state index in [4.69, 9.17) is 11.6 Å². The second-order valence-corrected chi connectivity index (χ2v) is 6.57. The molecule has 0 aliphatic carbocycles. The molecule has 3 aromatic rings. The first-order chi connectivity index (χ1) is 13.4. The lowest BCUT2D eigenvalue weighted by Crippen LogP contribution is -2.25. The summed E-state index contributed by atoms with van der Waals surface area (Å²) in [6.07, 6.45) is 0. The zero-order valence-electron chi connectivity index (χ0n) is 15.0. The van der Waals surface area contributed by atoms with Gasteiger partial charge in [0.2, 0.25) is 0 Å². The molecular weight excluding hydrogens is 381 g/mol. The molecule has 0 saturated carbocycles. The van der Waals surface area contributed by atoms with Gasteiger partial charge in [0.05, 0.1) is 5.02 Å². The largest absolute Gasteiger partial charge is 0.347 e. The molecule has 3 rings (SSSR count). The number of aryl methyl sites for hydroxylation is 1. The molecule has 28 heavy (non-hydrogen) atoms. The summed E-state index contributed by atoms with van der Waals surface area (Å²) in [5.41, 5.74) is 2.60. The highest BCUT2D eigenvalue weighted by molar-refractivity contribution is 6.31. The Kier molecular flexibility index (Phi) is 6.01. The first-order valence-electron chi connectivity index (χ1n) is 8.49. The van der Waals surface area contributed by atoms with Gasteiger partial charge in [-0.3, -0.25) is 9.59 Å². The molecule has 0 saturated heterocycles. The van der Waals surface area contributed by atoms with Gasteiger partial charge in [-0.15, -0.1) is 0 Å². The number of benzene rings is 2. The van der Waals surface area contributed by atoms with E-state index in [2.05, 4.69) is 15.6 Å². The van der Waals surface area contributed by atoms with Crippen molar-refractivity contribution in [2.24, 2.45) is 0 Å². The maximum absolute atomic E-state index is 13.2. The van der Waals surface area contributed by atoms with Crippen LogP contribution in [0.15, 0.2) is 60.7 Å². The van der Waals surface area contributed by atoms with Crippen molar-refractivity contribution in [2.75, 3.05) is 5.32 Å². The summed E-state index contributed by atoms with van der Waals surface area (Å²) in [5, 5.41) is 5.24. The number of aromatic nitrogens is 1. The van der Waals surface area contributed by atoms with E-state index in [0.717, 1.165) is 17.2 Å². The van der Waals surface area contributed by atoms with Gasteiger partial charge in [-0.05, 0) is 42.8 Å². The number of pyridine rings is 1. The van der Waals surface area contributed by atoms with E-state index < -0.39 is 11.7 Å². The number of halogens is 2. The lowest BCUT2D eigenvalue weighted by atomic mass is 10.1. The number of hydrogen-bond acceptors (Lipinski definition) is 3. The zero-order valence-corrected chi connectivity index (χ0v) is 15.8. The highest BCUT2D eigenvalue weighted by Gasteiger charge is 2.13. The van der Waals surface area contributed by atoms with Gasteiger partial charge in [-0.2, -0.15) is 0 Å². The van der Waals surface area contributed by atoms with Crippen LogP contribution >= 0.6 is 11.6 Å². The number of carbonyl (C=O) groups excluding carboxylic acids is 2. The van der Waals surface area contributed by atoms with Gasteiger partial charge in [-0.1, -0.05) is 47.5 Å². The van der Waals surface area contributed by atoms with E-state index in [1.165, 1.54) is 24.3 Å². The summed E-state index contributed by atoms with van der Waals surface area (Å²) >= 11 is 5.71. The molecule has 0 spiro atoms. The Morgan fingerprint density at radius 1 is 1.00 bits per heavy atom. The molecule has 0 radical (unpaired) electrons. The number of amides is 2. The van der Waals surface area contributed by atoms with Crippen LogP contribution < -0.4 is 10.6 Å². The third kappa shape index (κ3) is 4.92. The molecule has 2 N–H and O–H groups in total. The van der Waals surface area contributed by atoms with Crippen LogP contribution in [0.1, 0.15) is 32.1 Å². The molecule has 142 valence electrons. The zero-order chi connectivity index (χ0) is 20.1. The summed E-state index contributed by atoms with van der Waals surface area (Å²) in [6.45, 7) is 2.34. The standard InChI is InChI=1S/C21H17ClFN3O2/c1-13-5-7-14(8-6-13)12-24-20(27)18-3-2-4-19(26-18)21(28)25-15-9-10-17(23)16(22)11-15/h2-11H,12H2,1H3,(H,24,27)(H,25,28). The highest BCUT2D eigenvalue weighted by Crippen LogP contribution is 2.19. The van der Waals surface area contributed by atoms with Crippen molar-refractivity contribution in [2.45, 2.75) is 13.5 Å². The van der Waals surface area contributed by atoms with Crippen molar-refractivity contribution < 1.29 is 14.0 Å². The number of nitrogens with zero attached hydrogens (tertiary/aromatic N) is 1. The monoisotopic (exact) mass is 397 g/mol. The molecule has 0 aliphatic heterocycles. The summed E-state index contributed by atoms with van der Waals surface area (Å²) < 4.78 is 13.2. The molecule has 2 amide bonds. The molecule has 2 aromatic carbocycles. The molecule has 0 unspecified atom stereocenters. The number of anilines is 1. The predicted octanol–water partition coefficient (Wildman–Crippen LogP) is 4.36. The second-order valence-electron chi connectivity index (χ2n) is 6.16. The highest BCUT2D eigenvalue weighted by atomic mass is 35.5. The van der Waals surface area contributed by atoms with Crippen molar-refractivity contribution in [1.29, 1.82) is 0 Å². The van der Waals surface area contributed by atoms with Gasteiger partial charge < -0.3 is 10.6 Å². The van der Waals surface area contributed by atoms with Gasteiger partial charge in [-0.25, -0.2) is 9.37 Å². The lowest BCUT2D eigenvalue weighted by Gasteiger charge is -2.08. The third-order valence-corrected chi connectivity index (χ3v) is 4.26. The Hall–Kier alpha value is -3.25. The molecule has 0 bridgehead atoms. The summed E-state index contributed by atoms with van der Waals surface area (Å²) in [7, 11) is 0. The maximum atomic E-state index is 13.2. The first kappa shape index (κ1) is 19.5. The summed E-state index contributed by atoms with van der Waals surface area (Å²) in [4.78, 5) is 28.8. The summed E-state index contributed by atoms with van der Waals surface area (Å²) in [5.74, 6) is -1.50. The fourth-order valence-corrected chi connectivity index (χ4v) is 2.62. The molecule has 1 aromatic heterocycles. The van der Waals surface area contributed by atoms with E-state index in [1.54, 1.807) is 6.07 Å². The van der Waals surface area contributed by atoms with E-state index in [1.807, 2.05) is 31.2 Å². The fraction of sp³-hybridized carbons (Fsp3) is 0.0952. The van der Waals surface area contributed by atoms with Crippen LogP contribution in [0, 0.1) is 12.7 Å². The SMILES string of the molecule is Cc1ccc(CNC(=O)c2cccc(C(=O)Nc3ccc(F)c(Cl)c3)n2)cc1. The Bertz CT molecular complexity index is 1020.